The van der Waals surface area contributed by atoms with E-state index >= 15 is 0 Å². The van der Waals surface area contributed by atoms with Gasteiger partial charge in [-0.1, -0.05) is 11.6 Å². The maximum atomic E-state index is 9.26. The lowest BCUT2D eigenvalue weighted by atomic mass is 9.92. The van der Waals surface area contributed by atoms with Crippen molar-refractivity contribution in [2.75, 3.05) is 18.0 Å². The first-order valence-electron chi connectivity index (χ1n) is 7.41. The Hall–Kier alpha value is -2.12. The third-order valence-electron chi connectivity index (χ3n) is 4.15. The first-order chi connectivity index (χ1) is 10.7. The van der Waals surface area contributed by atoms with Gasteiger partial charge < -0.3 is 4.90 Å². The lowest BCUT2D eigenvalue weighted by Gasteiger charge is -2.34. The van der Waals surface area contributed by atoms with Crippen molar-refractivity contribution in [1.29, 1.82) is 5.26 Å². The molecule has 1 aliphatic rings. The fourth-order valence-corrected chi connectivity index (χ4v) is 3.26. The fraction of sp³-hybridized carbons (Fsp3) is 0.353. The van der Waals surface area contributed by atoms with Gasteiger partial charge in [0.25, 0.3) is 0 Å². The Morgan fingerprint density at radius 1 is 1.32 bits per heavy atom. The normalized spacial score (nSPS) is 15.6. The Labute approximate surface area is 135 Å². The fourth-order valence-electron chi connectivity index (χ4n) is 2.99. The number of anilines is 1. The lowest BCUT2D eigenvalue weighted by Crippen LogP contribution is -2.33. The minimum absolute atomic E-state index is 0.387. The summed E-state index contributed by atoms with van der Waals surface area (Å²) in [4.78, 5) is 10.9. The van der Waals surface area contributed by atoms with E-state index in [2.05, 4.69) is 20.9 Å². The molecule has 3 rings (SSSR count). The molecule has 0 atom stereocenters. The minimum Gasteiger partial charge on any atom is -0.370 e. The Balaban J connectivity index is 1.77. The molecule has 0 spiro atoms. The zero-order valence-corrected chi connectivity index (χ0v) is 13.2. The molecule has 3 heterocycles. The van der Waals surface area contributed by atoms with Crippen LogP contribution in [0.15, 0.2) is 30.6 Å². The summed E-state index contributed by atoms with van der Waals surface area (Å²) >= 11 is 6.25. The number of piperidine rings is 1. The van der Waals surface area contributed by atoms with Crippen LogP contribution in [0.4, 0.5) is 5.69 Å². The highest BCUT2D eigenvalue weighted by Gasteiger charge is 2.24. The zero-order valence-electron chi connectivity index (χ0n) is 12.5. The molecule has 22 heavy (non-hydrogen) atoms. The largest absolute Gasteiger partial charge is 0.370 e. The van der Waals surface area contributed by atoms with Gasteiger partial charge in [-0.25, -0.2) is 0 Å². The number of nitriles is 1. The van der Waals surface area contributed by atoms with Gasteiger partial charge in [0.2, 0.25) is 0 Å². The molecule has 0 bridgehead atoms. The molecule has 0 N–H and O–H groups in total. The molecule has 5 heteroatoms. The molecule has 0 aliphatic carbocycles. The van der Waals surface area contributed by atoms with Crippen LogP contribution >= 0.6 is 11.6 Å². The average molecular weight is 313 g/mol. The summed E-state index contributed by atoms with van der Waals surface area (Å²) in [6.07, 6.45) is 5.44. The van der Waals surface area contributed by atoms with Crippen LogP contribution in [0.2, 0.25) is 5.02 Å². The molecule has 2 aromatic rings. The Kier molecular flexibility index (Phi) is 4.26. The molecule has 1 fully saturated rings. The number of rotatable bonds is 2. The van der Waals surface area contributed by atoms with Crippen LogP contribution in [0.1, 0.15) is 35.7 Å². The topological polar surface area (TPSA) is 52.8 Å². The van der Waals surface area contributed by atoms with Crippen molar-refractivity contribution in [3.63, 3.8) is 0 Å². The van der Waals surface area contributed by atoms with E-state index in [0.717, 1.165) is 48.0 Å². The predicted molar refractivity (Wildman–Crippen MR) is 87.1 cm³/mol. The second-order valence-corrected chi connectivity index (χ2v) is 5.99. The van der Waals surface area contributed by atoms with Crippen molar-refractivity contribution in [3.8, 4) is 6.07 Å². The minimum atomic E-state index is 0.387. The monoisotopic (exact) mass is 312 g/mol. The van der Waals surface area contributed by atoms with Gasteiger partial charge in [0, 0.05) is 37.1 Å². The van der Waals surface area contributed by atoms with E-state index in [1.165, 1.54) is 0 Å². The van der Waals surface area contributed by atoms with E-state index in [-0.39, 0.29) is 0 Å². The highest BCUT2D eigenvalue weighted by atomic mass is 35.5. The molecule has 0 radical (unpaired) electrons. The van der Waals surface area contributed by atoms with Crippen molar-refractivity contribution in [1.82, 2.24) is 9.97 Å². The summed E-state index contributed by atoms with van der Waals surface area (Å²) in [6.45, 7) is 3.75. The van der Waals surface area contributed by atoms with E-state index in [1.54, 1.807) is 12.4 Å². The molecular weight excluding hydrogens is 296 g/mol. The van der Waals surface area contributed by atoms with Crippen LogP contribution < -0.4 is 4.90 Å². The van der Waals surface area contributed by atoms with Gasteiger partial charge in [-0.3, -0.25) is 9.97 Å². The summed E-state index contributed by atoms with van der Waals surface area (Å²) < 4.78 is 0. The summed E-state index contributed by atoms with van der Waals surface area (Å²) in [7, 11) is 0. The van der Waals surface area contributed by atoms with Gasteiger partial charge >= 0.3 is 0 Å². The molecule has 1 aliphatic heterocycles. The second kappa shape index (κ2) is 6.33. The van der Waals surface area contributed by atoms with Gasteiger partial charge in [-0.05, 0) is 38.0 Å². The zero-order chi connectivity index (χ0) is 15.5. The molecule has 0 unspecified atom stereocenters. The number of hydrogen-bond acceptors (Lipinski definition) is 4. The van der Waals surface area contributed by atoms with Gasteiger partial charge in [0.1, 0.15) is 6.07 Å². The van der Waals surface area contributed by atoms with Crippen LogP contribution in [0.25, 0.3) is 0 Å². The molecule has 112 valence electrons. The number of aryl methyl sites for hydroxylation is 1. The molecule has 0 amide bonds. The van der Waals surface area contributed by atoms with Crippen LogP contribution in [-0.4, -0.2) is 23.1 Å². The SMILES string of the molecule is Cc1cc(N2CCC(c3ncccc3Cl)CC2)c(C#N)cn1. The Morgan fingerprint density at radius 2 is 2.09 bits per heavy atom. The van der Waals surface area contributed by atoms with E-state index in [0.29, 0.717) is 11.5 Å². The molecule has 0 saturated carbocycles. The van der Waals surface area contributed by atoms with Crippen LogP contribution in [0.3, 0.4) is 0 Å². The van der Waals surface area contributed by atoms with Gasteiger partial charge in [0.05, 0.1) is 22.0 Å². The first kappa shape index (κ1) is 14.8. The van der Waals surface area contributed by atoms with Crippen molar-refractivity contribution < 1.29 is 0 Å². The van der Waals surface area contributed by atoms with Gasteiger partial charge in [-0.2, -0.15) is 5.26 Å². The van der Waals surface area contributed by atoms with Crippen molar-refractivity contribution in [3.05, 3.63) is 52.6 Å². The molecule has 0 aromatic carbocycles. The summed E-state index contributed by atoms with van der Waals surface area (Å²) in [5.41, 5.74) is 3.56. The van der Waals surface area contributed by atoms with E-state index < -0.39 is 0 Å². The maximum absolute atomic E-state index is 9.26. The molecule has 1 saturated heterocycles. The number of pyridine rings is 2. The van der Waals surface area contributed by atoms with Gasteiger partial charge in [0.15, 0.2) is 0 Å². The Bertz CT molecular complexity index is 715. The number of halogens is 1. The number of hydrogen-bond donors (Lipinski definition) is 0. The predicted octanol–water partition coefficient (Wildman–Crippen LogP) is 3.69. The van der Waals surface area contributed by atoms with Crippen LogP contribution in [-0.2, 0) is 0 Å². The molecule has 4 nitrogen and oxygen atoms in total. The van der Waals surface area contributed by atoms with Crippen molar-refractivity contribution >= 4 is 17.3 Å². The number of aromatic nitrogens is 2. The van der Waals surface area contributed by atoms with E-state index in [1.807, 2.05) is 25.1 Å². The molecular formula is C17H17ClN4. The van der Waals surface area contributed by atoms with E-state index in [4.69, 9.17) is 11.6 Å². The van der Waals surface area contributed by atoms with Crippen LogP contribution in [0.5, 0.6) is 0 Å². The third kappa shape index (κ3) is 2.90. The molecule has 2 aromatic heterocycles. The summed E-state index contributed by atoms with van der Waals surface area (Å²) in [5, 5.41) is 10.0. The Morgan fingerprint density at radius 3 is 2.77 bits per heavy atom. The highest BCUT2D eigenvalue weighted by Crippen LogP contribution is 2.33. The smallest absolute Gasteiger partial charge is 0.103 e. The first-order valence-corrected chi connectivity index (χ1v) is 7.79. The van der Waals surface area contributed by atoms with E-state index in [9.17, 15) is 5.26 Å². The second-order valence-electron chi connectivity index (χ2n) is 5.59. The highest BCUT2D eigenvalue weighted by molar-refractivity contribution is 6.31. The lowest BCUT2D eigenvalue weighted by molar-refractivity contribution is 0.496. The standard InChI is InChI=1S/C17H17ClN4/c1-12-9-16(14(10-19)11-21-12)22-7-4-13(5-8-22)17-15(18)3-2-6-20-17/h2-3,6,9,11,13H,4-5,7-8H2,1H3. The average Bonchev–Trinajstić information content (AvgIpc) is 2.55. The summed E-state index contributed by atoms with van der Waals surface area (Å²) in [5.74, 6) is 0.387. The van der Waals surface area contributed by atoms with Crippen LogP contribution in [0, 0.1) is 18.3 Å². The van der Waals surface area contributed by atoms with Crippen molar-refractivity contribution in [2.45, 2.75) is 25.7 Å². The summed E-state index contributed by atoms with van der Waals surface area (Å²) in [6, 6.07) is 7.99. The van der Waals surface area contributed by atoms with Crippen molar-refractivity contribution in [2.24, 2.45) is 0 Å². The third-order valence-corrected chi connectivity index (χ3v) is 4.47. The quantitative estimate of drug-likeness (QED) is 0.848. The maximum Gasteiger partial charge on any atom is 0.103 e. The van der Waals surface area contributed by atoms with Gasteiger partial charge in [-0.15, -0.1) is 0 Å². The number of nitrogens with zero attached hydrogens (tertiary/aromatic N) is 4.